The average Bonchev–Trinajstić information content (AvgIpc) is 2.49. The largest absolute Gasteiger partial charge is 0.416 e. The molecule has 0 bridgehead atoms. The minimum absolute atomic E-state index is 0.0978. The van der Waals surface area contributed by atoms with Gasteiger partial charge in [0.2, 0.25) is 0 Å². The van der Waals surface area contributed by atoms with Gasteiger partial charge in [0, 0.05) is 11.8 Å². The number of nitrogens with zero attached hydrogens (tertiary/aromatic N) is 1. The van der Waals surface area contributed by atoms with Crippen LogP contribution >= 0.6 is 34.8 Å². The van der Waals surface area contributed by atoms with Crippen LogP contribution in [0.1, 0.15) is 15.9 Å². The SMILES string of the molecule is O=C(Nc1ccc(Cl)c(Cl)c1)c1cc(C(F)(F)F)cc([N+](=O)[O-])c1Cl. The van der Waals surface area contributed by atoms with Gasteiger partial charge < -0.3 is 5.32 Å². The number of hydrogen-bond acceptors (Lipinski definition) is 3. The predicted molar refractivity (Wildman–Crippen MR) is 87.5 cm³/mol. The van der Waals surface area contributed by atoms with Gasteiger partial charge in [0.05, 0.1) is 26.1 Å². The molecule has 0 aliphatic heterocycles. The first-order valence-corrected chi connectivity index (χ1v) is 7.45. The molecule has 0 aliphatic carbocycles. The van der Waals surface area contributed by atoms with Gasteiger partial charge in [0.1, 0.15) is 5.02 Å². The lowest BCUT2D eigenvalue weighted by molar-refractivity contribution is -0.385. The topological polar surface area (TPSA) is 72.2 Å². The van der Waals surface area contributed by atoms with Crippen LogP contribution in [-0.2, 0) is 6.18 Å². The minimum atomic E-state index is -4.89. The van der Waals surface area contributed by atoms with Crippen LogP contribution in [0, 0.1) is 10.1 Å². The number of halogens is 6. The summed E-state index contributed by atoms with van der Waals surface area (Å²) < 4.78 is 38.7. The number of nitrogens with one attached hydrogen (secondary N) is 1. The normalized spacial score (nSPS) is 11.3. The zero-order valence-electron chi connectivity index (χ0n) is 11.8. The molecule has 2 aromatic rings. The Morgan fingerprint density at radius 2 is 1.72 bits per heavy atom. The van der Waals surface area contributed by atoms with Gasteiger partial charge in [-0.15, -0.1) is 0 Å². The Labute approximate surface area is 153 Å². The Balaban J connectivity index is 2.49. The van der Waals surface area contributed by atoms with Crippen molar-refractivity contribution in [3.05, 3.63) is 66.6 Å². The van der Waals surface area contributed by atoms with Crippen molar-refractivity contribution in [3.8, 4) is 0 Å². The fourth-order valence-corrected chi connectivity index (χ4v) is 2.41. The van der Waals surface area contributed by atoms with Crippen molar-refractivity contribution in [1.29, 1.82) is 0 Å². The second kappa shape index (κ2) is 7.07. The third-order valence-electron chi connectivity index (χ3n) is 3.00. The van der Waals surface area contributed by atoms with Gasteiger partial charge in [-0.2, -0.15) is 13.2 Å². The van der Waals surface area contributed by atoms with E-state index in [-0.39, 0.29) is 21.8 Å². The smallest absolute Gasteiger partial charge is 0.322 e. The van der Waals surface area contributed by atoms with E-state index in [9.17, 15) is 28.1 Å². The molecule has 0 aliphatic rings. The number of rotatable bonds is 3. The third-order valence-corrected chi connectivity index (χ3v) is 4.14. The number of nitro groups is 1. The molecule has 11 heteroatoms. The third kappa shape index (κ3) is 4.33. The Morgan fingerprint density at radius 1 is 1.08 bits per heavy atom. The number of amides is 1. The minimum Gasteiger partial charge on any atom is -0.322 e. The number of hydrogen-bond donors (Lipinski definition) is 1. The molecule has 0 spiro atoms. The summed E-state index contributed by atoms with van der Waals surface area (Å²) in [5.74, 6) is -1.07. The van der Waals surface area contributed by atoms with E-state index < -0.39 is 38.8 Å². The summed E-state index contributed by atoms with van der Waals surface area (Å²) in [6, 6.07) is 4.66. The molecular formula is C14H6Cl3F3N2O3. The Hall–Kier alpha value is -2.03. The van der Waals surface area contributed by atoms with E-state index in [4.69, 9.17) is 34.8 Å². The number of nitro benzene ring substituents is 1. The first-order valence-electron chi connectivity index (χ1n) is 6.32. The highest BCUT2D eigenvalue weighted by Crippen LogP contribution is 2.37. The van der Waals surface area contributed by atoms with E-state index in [1.165, 1.54) is 18.2 Å². The van der Waals surface area contributed by atoms with Crippen LogP contribution in [0.2, 0.25) is 15.1 Å². The zero-order valence-corrected chi connectivity index (χ0v) is 14.1. The lowest BCUT2D eigenvalue weighted by atomic mass is 10.1. The van der Waals surface area contributed by atoms with Crippen LogP contribution in [0.15, 0.2) is 30.3 Å². The van der Waals surface area contributed by atoms with E-state index in [0.29, 0.717) is 6.07 Å². The highest BCUT2D eigenvalue weighted by atomic mass is 35.5. The van der Waals surface area contributed by atoms with Crippen LogP contribution in [0.25, 0.3) is 0 Å². The van der Waals surface area contributed by atoms with Gasteiger partial charge in [-0.3, -0.25) is 14.9 Å². The van der Waals surface area contributed by atoms with Crippen molar-refractivity contribution in [3.63, 3.8) is 0 Å². The standard InChI is InChI=1S/C14H6Cl3F3N2O3/c15-9-2-1-7(5-10(9)16)21-13(23)8-3-6(14(18,19)20)4-11(12(8)17)22(24)25/h1-5H,(H,21,23). The number of anilines is 1. The van der Waals surface area contributed by atoms with Crippen molar-refractivity contribution < 1.29 is 22.9 Å². The fraction of sp³-hybridized carbons (Fsp3) is 0.0714. The molecule has 0 saturated carbocycles. The summed E-state index contributed by atoms with van der Waals surface area (Å²) in [5, 5.41) is 12.7. The molecule has 0 fully saturated rings. The monoisotopic (exact) mass is 412 g/mol. The van der Waals surface area contributed by atoms with Crippen molar-refractivity contribution in [2.45, 2.75) is 6.18 Å². The summed E-state index contributed by atoms with van der Waals surface area (Å²) >= 11 is 17.2. The van der Waals surface area contributed by atoms with Gasteiger partial charge in [-0.25, -0.2) is 0 Å². The molecule has 2 rings (SSSR count). The molecule has 5 nitrogen and oxygen atoms in total. The molecule has 1 N–H and O–H groups in total. The van der Waals surface area contributed by atoms with E-state index in [2.05, 4.69) is 5.32 Å². The van der Waals surface area contributed by atoms with Crippen molar-refractivity contribution in [1.82, 2.24) is 0 Å². The fourth-order valence-electron chi connectivity index (χ4n) is 1.84. The first-order chi connectivity index (χ1) is 11.5. The maximum atomic E-state index is 12.9. The van der Waals surface area contributed by atoms with Gasteiger partial charge in [0.25, 0.3) is 11.6 Å². The Bertz CT molecular complexity index is 872. The van der Waals surface area contributed by atoms with Crippen LogP contribution < -0.4 is 5.32 Å². The molecule has 0 unspecified atom stereocenters. The van der Waals surface area contributed by atoms with Gasteiger partial charge >= 0.3 is 6.18 Å². The number of alkyl halides is 3. The Morgan fingerprint density at radius 3 is 2.24 bits per heavy atom. The lowest BCUT2D eigenvalue weighted by Crippen LogP contribution is -2.15. The van der Waals surface area contributed by atoms with E-state index in [1.807, 2.05) is 0 Å². The Kier molecular flexibility index (Phi) is 5.46. The molecule has 1 amide bonds. The first kappa shape index (κ1) is 19.3. The van der Waals surface area contributed by atoms with E-state index in [0.717, 1.165) is 0 Å². The van der Waals surface area contributed by atoms with Crippen LogP contribution in [0.3, 0.4) is 0 Å². The van der Waals surface area contributed by atoms with E-state index >= 15 is 0 Å². The predicted octanol–water partition coefficient (Wildman–Crippen LogP) is 5.83. The van der Waals surface area contributed by atoms with Crippen LogP contribution in [0.4, 0.5) is 24.5 Å². The quantitative estimate of drug-likeness (QED) is 0.508. The summed E-state index contributed by atoms with van der Waals surface area (Å²) in [6.45, 7) is 0. The van der Waals surface area contributed by atoms with Crippen LogP contribution in [0.5, 0.6) is 0 Å². The van der Waals surface area contributed by atoms with Gasteiger partial charge in [0.15, 0.2) is 0 Å². The van der Waals surface area contributed by atoms with Gasteiger partial charge in [-0.05, 0) is 24.3 Å². The summed E-state index contributed by atoms with van der Waals surface area (Å²) in [4.78, 5) is 22.0. The zero-order chi connectivity index (χ0) is 18.9. The molecule has 2 aromatic carbocycles. The van der Waals surface area contributed by atoms with E-state index in [1.54, 1.807) is 0 Å². The molecule has 0 aromatic heterocycles. The number of benzene rings is 2. The summed E-state index contributed by atoms with van der Waals surface area (Å²) in [6.07, 6.45) is -4.89. The van der Waals surface area contributed by atoms with Gasteiger partial charge in [-0.1, -0.05) is 34.8 Å². The molecule has 0 heterocycles. The summed E-state index contributed by atoms with van der Waals surface area (Å²) in [5.41, 5.74) is -2.98. The van der Waals surface area contributed by atoms with Crippen molar-refractivity contribution in [2.24, 2.45) is 0 Å². The molecular weight excluding hydrogens is 408 g/mol. The second-order valence-corrected chi connectivity index (χ2v) is 5.89. The lowest BCUT2D eigenvalue weighted by Gasteiger charge is -2.12. The molecule has 0 saturated heterocycles. The number of carbonyl (C=O) groups excluding carboxylic acids is 1. The average molecular weight is 414 g/mol. The van der Waals surface area contributed by atoms with Crippen molar-refractivity contribution in [2.75, 3.05) is 5.32 Å². The second-order valence-electron chi connectivity index (χ2n) is 4.69. The highest BCUT2D eigenvalue weighted by Gasteiger charge is 2.35. The maximum absolute atomic E-state index is 12.9. The summed E-state index contributed by atoms with van der Waals surface area (Å²) in [7, 11) is 0. The highest BCUT2D eigenvalue weighted by molar-refractivity contribution is 6.42. The molecule has 132 valence electrons. The number of carbonyl (C=O) groups is 1. The maximum Gasteiger partial charge on any atom is 0.416 e. The molecule has 0 atom stereocenters. The van der Waals surface area contributed by atoms with Crippen molar-refractivity contribution >= 4 is 52.1 Å². The van der Waals surface area contributed by atoms with Crippen LogP contribution in [-0.4, -0.2) is 10.8 Å². The molecule has 0 radical (unpaired) electrons. The molecule has 25 heavy (non-hydrogen) atoms.